The highest BCUT2D eigenvalue weighted by molar-refractivity contribution is 5.91. The number of aromatic nitrogens is 1. The SMILES string of the molecule is CCC(=O)N1CCc2ccc(OCc3nc(C(=O)NCc4ccccc4)co3)cc2[C@H]1c1ccc(C)cc1. The first-order valence-corrected chi connectivity index (χ1v) is 12.9. The zero-order chi connectivity index (χ0) is 26.5. The highest BCUT2D eigenvalue weighted by Crippen LogP contribution is 2.37. The Labute approximate surface area is 222 Å². The lowest BCUT2D eigenvalue weighted by atomic mass is 9.87. The molecule has 3 aromatic carbocycles. The second-order valence-corrected chi connectivity index (χ2v) is 9.45. The summed E-state index contributed by atoms with van der Waals surface area (Å²) in [6.07, 6.45) is 2.59. The van der Waals surface area contributed by atoms with Crippen LogP contribution in [0.4, 0.5) is 0 Å². The quantitative estimate of drug-likeness (QED) is 0.345. The number of carbonyl (C=O) groups excluding carboxylic acids is 2. The van der Waals surface area contributed by atoms with Gasteiger partial charge in [-0.1, -0.05) is 73.2 Å². The number of carbonyl (C=O) groups is 2. The highest BCUT2D eigenvalue weighted by Gasteiger charge is 2.31. The van der Waals surface area contributed by atoms with Crippen molar-refractivity contribution in [3.63, 3.8) is 0 Å². The van der Waals surface area contributed by atoms with E-state index in [1.54, 1.807) is 0 Å². The fraction of sp³-hybridized carbons (Fsp3) is 0.258. The summed E-state index contributed by atoms with van der Waals surface area (Å²) in [4.78, 5) is 31.6. The lowest BCUT2D eigenvalue weighted by Gasteiger charge is -2.38. The summed E-state index contributed by atoms with van der Waals surface area (Å²) < 4.78 is 11.5. The van der Waals surface area contributed by atoms with E-state index >= 15 is 0 Å². The molecule has 7 nitrogen and oxygen atoms in total. The highest BCUT2D eigenvalue weighted by atomic mass is 16.5. The van der Waals surface area contributed by atoms with Crippen molar-refractivity contribution >= 4 is 11.8 Å². The van der Waals surface area contributed by atoms with Crippen LogP contribution >= 0.6 is 0 Å². The van der Waals surface area contributed by atoms with Gasteiger partial charge in [-0.25, -0.2) is 4.98 Å². The molecule has 0 aliphatic carbocycles. The van der Waals surface area contributed by atoms with Crippen molar-refractivity contribution in [2.24, 2.45) is 0 Å². The van der Waals surface area contributed by atoms with Crippen LogP contribution in [0.1, 0.15) is 63.6 Å². The molecule has 4 aromatic rings. The number of nitrogens with zero attached hydrogens (tertiary/aromatic N) is 2. The molecule has 194 valence electrons. The number of benzene rings is 3. The molecule has 0 unspecified atom stereocenters. The number of fused-ring (bicyclic) bond motifs is 1. The minimum atomic E-state index is -0.306. The Morgan fingerprint density at radius 1 is 1.08 bits per heavy atom. The predicted octanol–water partition coefficient (Wildman–Crippen LogP) is 5.38. The summed E-state index contributed by atoms with van der Waals surface area (Å²) >= 11 is 0. The molecule has 1 aromatic heterocycles. The van der Waals surface area contributed by atoms with Crippen LogP contribution in [0.2, 0.25) is 0 Å². The summed E-state index contributed by atoms with van der Waals surface area (Å²) in [5.74, 6) is 0.787. The molecule has 2 heterocycles. The molecule has 0 bridgehead atoms. The second-order valence-electron chi connectivity index (χ2n) is 9.45. The number of hydrogen-bond donors (Lipinski definition) is 1. The number of rotatable bonds is 8. The van der Waals surface area contributed by atoms with E-state index in [0.29, 0.717) is 31.2 Å². The van der Waals surface area contributed by atoms with E-state index in [0.717, 1.165) is 23.1 Å². The van der Waals surface area contributed by atoms with Gasteiger partial charge in [0, 0.05) is 19.5 Å². The van der Waals surface area contributed by atoms with Gasteiger partial charge in [0.25, 0.3) is 5.91 Å². The van der Waals surface area contributed by atoms with Crippen LogP contribution in [0.25, 0.3) is 0 Å². The summed E-state index contributed by atoms with van der Waals surface area (Å²) in [7, 11) is 0. The average molecular weight is 510 g/mol. The van der Waals surface area contributed by atoms with E-state index in [1.807, 2.05) is 54.3 Å². The Morgan fingerprint density at radius 3 is 2.63 bits per heavy atom. The molecule has 5 rings (SSSR count). The van der Waals surface area contributed by atoms with Crippen LogP contribution in [-0.2, 0) is 24.4 Å². The average Bonchev–Trinajstić information content (AvgIpc) is 3.44. The first kappa shape index (κ1) is 25.3. The Bertz CT molecular complexity index is 1410. The fourth-order valence-corrected chi connectivity index (χ4v) is 4.76. The maximum atomic E-state index is 12.8. The molecule has 0 spiro atoms. The van der Waals surface area contributed by atoms with Gasteiger partial charge in [0.15, 0.2) is 12.3 Å². The lowest BCUT2D eigenvalue weighted by Crippen LogP contribution is -2.40. The van der Waals surface area contributed by atoms with E-state index in [9.17, 15) is 9.59 Å². The topological polar surface area (TPSA) is 84.7 Å². The lowest BCUT2D eigenvalue weighted by molar-refractivity contribution is -0.132. The molecule has 7 heteroatoms. The van der Waals surface area contributed by atoms with Gasteiger partial charge in [-0.3, -0.25) is 9.59 Å². The first-order chi connectivity index (χ1) is 18.5. The van der Waals surface area contributed by atoms with E-state index in [1.165, 1.54) is 17.4 Å². The van der Waals surface area contributed by atoms with Crippen LogP contribution in [0.5, 0.6) is 5.75 Å². The van der Waals surface area contributed by atoms with Crippen LogP contribution in [-0.4, -0.2) is 28.2 Å². The molecule has 0 fully saturated rings. The van der Waals surface area contributed by atoms with Gasteiger partial charge >= 0.3 is 0 Å². The molecular formula is C31H31N3O4. The van der Waals surface area contributed by atoms with Crippen molar-refractivity contribution in [2.45, 2.75) is 45.9 Å². The van der Waals surface area contributed by atoms with Gasteiger partial charge in [-0.15, -0.1) is 0 Å². The number of ether oxygens (including phenoxy) is 1. The third kappa shape index (κ3) is 5.62. The molecule has 1 aliphatic rings. The third-order valence-corrected chi connectivity index (χ3v) is 6.80. The molecular weight excluding hydrogens is 478 g/mol. The minimum absolute atomic E-state index is 0.0809. The molecule has 0 radical (unpaired) electrons. The number of oxazole rings is 1. The van der Waals surface area contributed by atoms with Gasteiger partial charge in [-0.05, 0) is 47.7 Å². The van der Waals surface area contributed by atoms with Crippen molar-refractivity contribution < 1.29 is 18.7 Å². The van der Waals surface area contributed by atoms with Gasteiger partial charge < -0.3 is 19.4 Å². The number of hydrogen-bond acceptors (Lipinski definition) is 5. The van der Waals surface area contributed by atoms with Crippen LogP contribution in [0.15, 0.2) is 83.5 Å². The van der Waals surface area contributed by atoms with Gasteiger partial charge in [0.2, 0.25) is 11.8 Å². The van der Waals surface area contributed by atoms with Crippen LogP contribution < -0.4 is 10.1 Å². The monoisotopic (exact) mass is 509 g/mol. The Kier molecular flexibility index (Phi) is 7.54. The fourth-order valence-electron chi connectivity index (χ4n) is 4.76. The van der Waals surface area contributed by atoms with E-state index in [2.05, 4.69) is 47.6 Å². The molecule has 0 saturated heterocycles. The smallest absolute Gasteiger partial charge is 0.273 e. The molecule has 38 heavy (non-hydrogen) atoms. The zero-order valence-electron chi connectivity index (χ0n) is 21.6. The largest absolute Gasteiger partial charge is 0.484 e. The van der Waals surface area contributed by atoms with Crippen molar-refractivity contribution in [3.8, 4) is 5.75 Å². The molecule has 2 amide bonds. The molecule has 1 aliphatic heterocycles. The first-order valence-electron chi connectivity index (χ1n) is 12.9. The van der Waals surface area contributed by atoms with Gasteiger partial charge in [0.1, 0.15) is 12.0 Å². The summed E-state index contributed by atoms with van der Waals surface area (Å²) in [5.41, 5.74) is 5.73. The van der Waals surface area contributed by atoms with Crippen molar-refractivity contribution in [1.82, 2.24) is 15.2 Å². The van der Waals surface area contributed by atoms with Crippen molar-refractivity contribution in [1.29, 1.82) is 0 Å². The summed E-state index contributed by atoms with van der Waals surface area (Å²) in [6, 6.07) is 23.9. The van der Waals surface area contributed by atoms with E-state index in [-0.39, 0.29) is 30.2 Å². The zero-order valence-corrected chi connectivity index (χ0v) is 21.6. The number of aryl methyl sites for hydroxylation is 1. The van der Waals surface area contributed by atoms with Crippen LogP contribution in [0, 0.1) is 6.92 Å². The van der Waals surface area contributed by atoms with Gasteiger partial charge in [0.05, 0.1) is 6.04 Å². The van der Waals surface area contributed by atoms with Crippen LogP contribution in [0.3, 0.4) is 0 Å². The number of nitrogens with one attached hydrogen (secondary N) is 1. The minimum Gasteiger partial charge on any atom is -0.484 e. The predicted molar refractivity (Wildman–Crippen MR) is 144 cm³/mol. The normalized spacial score (nSPS) is 14.6. The van der Waals surface area contributed by atoms with Crippen molar-refractivity contribution in [3.05, 3.63) is 118 Å². The Balaban J connectivity index is 1.29. The second kappa shape index (κ2) is 11.3. The maximum absolute atomic E-state index is 12.8. The standard InChI is InChI=1S/C31H31N3O4/c1-3-29(35)34-16-15-23-13-14-25(17-26(23)30(34)24-11-9-21(2)10-12-24)37-20-28-33-27(19-38-28)31(36)32-18-22-7-5-4-6-8-22/h4-14,17,19,30H,3,15-16,18,20H2,1-2H3,(H,32,36)/t30-/m1/s1. The molecule has 0 saturated carbocycles. The maximum Gasteiger partial charge on any atom is 0.273 e. The van der Waals surface area contributed by atoms with E-state index < -0.39 is 0 Å². The Morgan fingerprint density at radius 2 is 1.87 bits per heavy atom. The van der Waals surface area contributed by atoms with Gasteiger partial charge in [-0.2, -0.15) is 0 Å². The van der Waals surface area contributed by atoms with Crippen molar-refractivity contribution in [2.75, 3.05) is 6.54 Å². The summed E-state index contributed by atoms with van der Waals surface area (Å²) in [6.45, 7) is 5.13. The van der Waals surface area contributed by atoms with E-state index in [4.69, 9.17) is 9.15 Å². The molecule has 1 N–H and O–H groups in total. The summed E-state index contributed by atoms with van der Waals surface area (Å²) in [5, 5.41) is 2.84. The third-order valence-electron chi connectivity index (χ3n) is 6.80. The molecule has 1 atom stereocenters. The Hall–Kier alpha value is -4.39. The number of amides is 2.